The lowest BCUT2D eigenvalue weighted by Gasteiger charge is -2.11. The molecule has 0 radical (unpaired) electrons. The van der Waals surface area contributed by atoms with Crippen LogP contribution in [0.5, 0.6) is 0 Å². The summed E-state index contributed by atoms with van der Waals surface area (Å²) in [5, 5.41) is 3.41. The van der Waals surface area contributed by atoms with E-state index in [4.69, 9.17) is 0 Å². The number of rotatable bonds is 4. The maximum Gasteiger partial charge on any atom is 0.0278 e. The lowest BCUT2D eigenvalue weighted by atomic mass is 10.1. The quantitative estimate of drug-likeness (QED) is 0.586. The molecule has 1 N–H and O–H groups in total. The zero-order valence-corrected chi connectivity index (χ0v) is 6.93. The van der Waals surface area contributed by atoms with Gasteiger partial charge in [-0.2, -0.15) is 0 Å². The molecule has 1 rings (SSSR count). The summed E-state index contributed by atoms with van der Waals surface area (Å²) in [7, 11) is 0. The van der Waals surface area contributed by atoms with Gasteiger partial charge in [0.05, 0.1) is 0 Å². The Labute approximate surface area is 63.5 Å². The molecule has 0 aromatic heterocycles. The molecule has 0 heterocycles. The molecule has 0 aromatic rings. The van der Waals surface area contributed by atoms with E-state index in [9.17, 15) is 0 Å². The van der Waals surface area contributed by atoms with E-state index in [0.717, 1.165) is 18.4 Å². The van der Waals surface area contributed by atoms with E-state index in [1.807, 2.05) is 6.08 Å². The molecule has 1 aliphatic carbocycles. The normalized spacial score (nSPS) is 33.4. The van der Waals surface area contributed by atoms with Crippen molar-refractivity contribution in [3.05, 3.63) is 12.7 Å². The fourth-order valence-electron chi connectivity index (χ4n) is 1.50. The molecule has 10 heavy (non-hydrogen) atoms. The minimum absolute atomic E-state index is 0.569. The molecule has 0 aromatic carbocycles. The third-order valence-corrected chi connectivity index (χ3v) is 2.33. The molecule has 1 saturated carbocycles. The van der Waals surface area contributed by atoms with Crippen LogP contribution in [-0.2, 0) is 0 Å². The van der Waals surface area contributed by atoms with Gasteiger partial charge in [-0.1, -0.05) is 19.9 Å². The summed E-state index contributed by atoms with van der Waals surface area (Å²) in [6.45, 7) is 9.31. The molecule has 1 nitrogen and oxygen atoms in total. The second-order valence-corrected chi connectivity index (χ2v) is 3.20. The summed E-state index contributed by atoms with van der Waals surface area (Å²) < 4.78 is 0. The first kappa shape index (κ1) is 7.80. The lowest BCUT2D eigenvalue weighted by molar-refractivity contribution is 0.534. The van der Waals surface area contributed by atoms with E-state index in [0.29, 0.717) is 6.04 Å². The van der Waals surface area contributed by atoms with Gasteiger partial charge < -0.3 is 5.32 Å². The first-order chi connectivity index (χ1) is 4.79. The first-order valence-corrected chi connectivity index (χ1v) is 4.15. The van der Waals surface area contributed by atoms with Crippen LogP contribution in [0.2, 0.25) is 0 Å². The third kappa shape index (κ3) is 1.60. The number of hydrogen-bond acceptors (Lipinski definition) is 1. The van der Waals surface area contributed by atoms with Gasteiger partial charge >= 0.3 is 0 Å². The number of likely N-dealkylation sites (N-methyl/N-ethyl adjacent to an activating group) is 1. The van der Waals surface area contributed by atoms with Crippen LogP contribution >= 0.6 is 0 Å². The maximum absolute atomic E-state index is 3.81. The Morgan fingerprint density at radius 2 is 2.40 bits per heavy atom. The van der Waals surface area contributed by atoms with Crippen LogP contribution < -0.4 is 5.32 Å². The van der Waals surface area contributed by atoms with Crippen LogP contribution in [0.25, 0.3) is 0 Å². The third-order valence-electron chi connectivity index (χ3n) is 2.33. The molecule has 1 aliphatic rings. The predicted molar refractivity (Wildman–Crippen MR) is 44.9 cm³/mol. The Kier molecular flexibility index (Phi) is 2.50. The van der Waals surface area contributed by atoms with E-state index in [1.54, 1.807) is 0 Å². The number of nitrogens with one attached hydrogen (secondary N) is 1. The van der Waals surface area contributed by atoms with Gasteiger partial charge in [0, 0.05) is 6.04 Å². The largest absolute Gasteiger partial charge is 0.311 e. The van der Waals surface area contributed by atoms with Gasteiger partial charge in [-0.15, -0.1) is 6.58 Å². The second kappa shape index (κ2) is 3.20. The molecule has 3 unspecified atom stereocenters. The van der Waals surface area contributed by atoms with Crippen molar-refractivity contribution >= 4 is 0 Å². The first-order valence-electron chi connectivity index (χ1n) is 4.15. The highest BCUT2D eigenvalue weighted by atomic mass is 14.9. The van der Waals surface area contributed by atoms with Crippen LogP contribution in [0.3, 0.4) is 0 Å². The highest BCUT2D eigenvalue weighted by Crippen LogP contribution is 2.40. The van der Waals surface area contributed by atoms with Gasteiger partial charge in [-0.05, 0) is 24.8 Å². The highest BCUT2D eigenvalue weighted by molar-refractivity contribution is 5.00. The van der Waals surface area contributed by atoms with Crippen molar-refractivity contribution in [1.82, 2.24) is 5.32 Å². The Morgan fingerprint density at radius 1 is 1.80 bits per heavy atom. The van der Waals surface area contributed by atoms with Crippen molar-refractivity contribution in [1.29, 1.82) is 0 Å². The summed E-state index contributed by atoms with van der Waals surface area (Å²) in [4.78, 5) is 0. The van der Waals surface area contributed by atoms with E-state index in [2.05, 4.69) is 25.7 Å². The van der Waals surface area contributed by atoms with E-state index in [1.165, 1.54) is 6.42 Å². The Bertz CT molecular complexity index is 120. The fraction of sp³-hybridized carbons (Fsp3) is 0.778. The minimum Gasteiger partial charge on any atom is -0.311 e. The SMILES string of the molecule is C=CC(NCC)C1CC1C. The Hall–Kier alpha value is -0.300. The van der Waals surface area contributed by atoms with Crippen LogP contribution in [0.1, 0.15) is 20.3 Å². The summed E-state index contributed by atoms with van der Waals surface area (Å²) in [5.74, 6) is 1.79. The van der Waals surface area contributed by atoms with Gasteiger partial charge in [0.2, 0.25) is 0 Å². The number of hydrogen-bond donors (Lipinski definition) is 1. The zero-order valence-electron chi connectivity index (χ0n) is 6.93. The molecular formula is C9H17N. The predicted octanol–water partition coefficient (Wildman–Crippen LogP) is 1.81. The molecule has 0 amide bonds. The van der Waals surface area contributed by atoms with Crippen LogP contribution in [0, 0.1) is 11.8 Å². The lowest BCUT2D eigenvalue weighted by Crippen LogP contribution is -2.28. The van der Waals surface area contributed by atoms with Crippen molar-refractivity contribution in [2.24, 2.45) is 11.8 Å². The molecule has 0 saturated heterocycles. The van der Waals surface area contributed by atoms with Gasteiger partial charge in [0.25, 0.3) is 0 Å². The average Bonchev–Trinajstić information content (AvgIpc) is 2.62. The molecule has 0 aliphatic heterocycles. The van der Waals surface area contributed by atoms with Crippen molar-refractivity contribution in [2.45, 2.75) is 26.3 Å². The summed E-state index contributed by atoms with van der Waals surface area (Å²) in [6, 6.07) is 0.569. The Morgan fingerprint density at radius 3 is 2.70 bits per heavy atom. The molecule has 0 bridgehead atoms. The van der Waals surface area contributed by atoms with Crippen molar-refractivity contribution in [3.8, 4) is 0 Å². The maximum atomic E-state index is 3.81. The molecule has 1 fully saturated rings. The second-order valence-electron chi connectivity index (χ2n) is 3.20. The highest BCUT2D eigenvalue weighted by Gasteiger charge is 2.37. The van der Waals surface area contributed by atoms with E-state index < -0.39 is 0 Å². The fourth-order valence-corrected chi connectivity index (χ4v) is 1.50. The minimum atomic E-state index is 0.569. The van der Waals surface area contributed by atoms with Gasteiger partial charge in [-0.3, -0.25) is 0 Å². The zero-order chi connectivity index (χ0) is 7.56. The van der Waals surface area contributed by atoms with Crippen molar-refractivity contribution in [2.75, 3.05) is 6.54 Å². The molecule has 1 heteroatoms. The smallest absolute Gasteiger partial charge is 0.0278 e. The Balaban J connectivity index is 2.27. The molecule has 58 valence electrons. The van der Waals surface area contributed by atoms with Gasteiger partial charge in [0.15, 0.2) is 0 Å². The van der Waals surface area contributed by atoms with E-state index in [-0.39, 0.29) is 0 Å². The standard InChI is InChI=1S/C9H17N/c1-4-9(10-5-2)8-6-7(8)3/h4,7-10H,1,5-6H2,2-3H3. The average molecular weight is 139 g/mol. The van der Waals surface area contributed by atoms with Gasteiger partial charge in [-0.25, -0.2) is 0 Å². The molecular weight excluding hydrogens is 122 g/mol. The van der Waals surface area contributed by atoms with Crippen molar-refractivity contribution < 1.29 is 0 Å². The van der Waals surface area contributed by atoms with Crippen LogP contribution in [0.15, 0.2) is 12.7 Å². The summed E-state index contributed by atoms with van der Waals surface area (Å²) in [6.07, 6.45) is 3.42. The van der Waals surface area contributed by atoms with Crippen molar-refractivity contribution in [3.63, 3.8) is 0 Å². The topological polar surface area (TPSA) is 12.0 Å². The molecule has 0 spiro atoms. The van der Waals surface area contributed by atoms with Gasteiger partial charge in [0.1, 0.15) is 0 Å². The molecule has 3 atom stereocenters. The summed E-state index contributed by atoms with van der Waals surface area (Å²) in [5.41, 5.74) is 0. The monoisotopic (exact) mass is 139 g/mol. The summed E-state index contributed by atoms with van der Waals surface area (Å²) >= 11 is 0. The van der Waals surface area contributed by atoms with Crippen LogP contribution in [0.4, 0.5) is 0 Å². The van der Waals surface area contributed by atoms with Crippen LogP contribution in [-0.4, -0.2) is 12.6 Å². The van der Waals surface area contributed by atoms with E-state index >= 15 is 0 Å².